The van der Waals surface area contributed by atoms with Gasteiger partial charge < -0.3 is 10.6 Å². The zero-order valence-corrected chi connectivity index (χ0v) is 15.4. The second-order valence-corrected chi connectivity index (χ2v) is 7.58. The Labute approximate surface area is 154 Å². The maximum absolute atomic E-state index is 6.47. The van der Waals surface area contributed by atoms with Gasteiger partial charge in [-0.25, -0.2) is 0 Å². The van der Waals surface area contributed by atoms with Gasteiger partial charge in [-0.2, -0.15) is 0 Å². The first-order valence-corrected chi connectivity index (χ1v) is 9.40. The number of rotatable bonds is 2. The van der Waals surface area contributed by atoms with Gasteiger partial charge in [-0.3, -0.25) is 4.99 Å². The van der Waals surface area contributed by atoms with Gasteiger partial charge in [0.15, 0.2) is 0 Å². The molecular weight excluding hydrogens is 330 g/mol. The van der Waals surface area contributed by atoms with E-state index in [2.05, 4.69) is 47.0 Å². The predicted octanol–water partition coefficient (Wildman–Crippen LogP) is 4.58. The van der Waals surface area contributed by atoms with Crippen molar-refractivity contribution in [1.82, 2.24) is 5.32 Å². The number of hydrogen-bond donors (Lipinski definition) is 2. The fraction of sp³-hybridized carbons (Fsp3) is 0.381. The van der Waals surface area contributed by atoms with Crippen molar-refractivity contribution in [3.8, 4) is 0 Å². The lowest BCUT2D eigenvalue weighted by atomic mass is 9.71. The number of nitrogens with one attached hydrogen (secondary N) is 2. The van der Waals surface area contributed by atoms with Gasteiger partial charge in [0.2, 0.25) is 0 Å². The van der Waals surface area contributed by atoms with Crippen LogP contribution < -0.4 is 10.6 Å². The summed E-state index contributed by atoms with van der Waals surface area (Å²) in [5, 5.41) is 7.96. The minimum absolute atomic E-state index is 0.121. The number of aliphatic imine (C=N–C) groups is 1. The average molecular weight is 354 g/mol. The molecular formula is C21H24ClN3. The second kappa shape index (κ2) is 6.81. The van der Waals surface area contributed by atoms with Crippen molar-refractivity contribution >= 4 is 23.1 Å². The number of fused-ring (bicyclic) bond motifs is 1. The van der Waals surface area contributed by atoms with E-state index in [0.29, 0.717) is 6.54 Å². The number of benzene rings is 2. The van der Waals surface area contributed by atoms with Crippen LogP contribution in [0, 0.1) is 12.3 Å². The normalized spacial score (nSPS) is 20.3. The zero-order chi connectivity index (χ0) is 17.3. The van der Waals surface area contributed by atoms with Crippen LogP contribution in [-0.4, -0.2) is 18.9 Å². The summed E-state index contributed by atoms with van der Waals surface area (Å²) >= 11 is 6.47. The van der Waals surface area contributed by atoms with Crippen molar-refractivity contribution in [3.63, 3.8) is 0 Å². The summed E-state index contributed by atoms with van der Waals surface area (Å²) in [7, 11) is 0. The smallest absolute Gasteiger partial charge is 0.108 e. The number of anilines is 1. The molecule has 0 amide bonds. The van der Waals surface area contributed by atoms with E-state index in [1.165, 1.54) is 11.3 Å². The van der Waals surface area contributed by atoms with Crippen LogP contribution in [0.4, 0.5) is 5.69 Å². The summed E-state index contributed by atoms with van der Waals surface area (Å²) < 4.78 is 0. The number of amidine groups is 1. The highest BCUT2D eigenvalue weighted by molar-refractivity contribution is 6.32. The van der Waals surface area contributed by atoms with E-state index in [0.717, 1.165) is 54.3 Å². The molecule has 130 valence electrons. The van der Waals surface area contributed by atoms with Gasteiger partial charge in [0.1, 0.15) is 5.84 Å². The average Bonchev–Trinajstić information content (AvgIpc) is 2.64. The van der Waals surface area contributed by atoms with Gasteiger partial charge in [-0.15, -0.1) is 0 Å². The van der Waals surface area contributed by atoms with Crippen molar-refractivity contribution in [2.75, 3.05) is 18.4 Å². The summed E-state index contributed by atoms with van der Waals surface area (Å²) in [6, 6.07) is 14.8. The largest absolute Gasteiger partial charge is 0.343 e. The third kappa shape index (κ3) is 3.19. The maximum atomic E-state index is 6.47. The number of piperidine rings is 1. The highest BCUT2D eigenvalue weighted by Gasteiger charge is 2.40. The first-order valence-electron chi connectivity index (χ1n) is 9.03. The van der Waals surface area contributed by atoms with E-state index in [-0.39, 0.29) is 5.41 Å². The molecule has 2 aliphatic rings. The summed E-state index contributed by atoms with van der Waals surface area (Å²) in [6.07, 6.45) is 3.31. The minimum atomic E-state index is 0.121. The van der Waals surface area contributed by atoms with Crippen LogP contribution in [0.1, 0.15) is 29.5 Å². The van der Waals surface area contributed by atoms with Gasteiger partial charge >= 0.3 is 0 Å². The lowest BCUT2D eigenvalue weighted by Crippen LogP contribution is -2.48. The molecule has 4 rings (SSSR count). The van der Waals surface area contributed by atoms with Crippen LogP contribution in [0.25, 0.3) is 0 Å². The molecule has 1 saturated heterocycles. The molecule has 0 bridgehead atoms. The molecule has 0 aromatic heterocycles. The molecule has 3 nitrogen and oxygen atoms in total. The lowest BCUT2D eigenvalue weighted by Gasteiger charge is -2.42. The minimum Gasteiger partial charge on any atom is -0.343 e. The van der Waals surface area contributed by atoms with Crippen LogP contribution in [0.15, 0.2) is 47.5 Å². The first kappa shape index (κ1) is 16.6. The molecule has 1 spiro atoms. The second-order valence-electron chi connectivity index (χ2n) is 7.20. The van der Waals surface area contributed by atoms with Gasteiger partial charge in [-0.1, -0.05) is 48.0 Å². The summed E-state index contributed by atoms with van der Waals surface area (Å²) in [5.41, 5.74) is 4.92. The van der Waals surface area contributed by atoms with Crippen molar-refractivity contribution in [3.05, 3.63) is 64.2 Å². The maximum Gasteiger partial charge on any atom is 0.108 e. The summed E-state index contributed by atoms with van der Waals surface area (Å²) in [6.45, 7) is 4.77. The van der Waals surface area contributed by atoms with Gasteiger partial charge in [0, 0.05) is 16.1 Å². The van der Waals surface area contributed by atoms with Crippen LogP contribution in [0.3, 0.4) is 0 Å². The van der Waals surface area contributed by atoms with Gasteiger partial charge in [0.05, 0.1) is 6.54 Å². The summed E-state index contributed by atoms with van der Waals surface area (Å²) in [5.74, 6) is 1.13. The zero-order valence-electron chi connectivity index (χ0n) is 14.6. The van der Waals surface area contributed by atoms with E-state index >= 15 is 0 Å². The molecule has 2 heterocycles. The first-order chi connectivity index (χ1) is 12.2. The number of halogens is 1. The molecule has 2 aromatic rings. The summed E-state index contributed by atoms with van der Waals surface area (Å²) in [4.78, 5) is 5.02. The Kier molecular flexibility index (Phi) is 4.53. The Morgan fingerprint density at radius 3 is 2.72 bits per heavy atom. The molecule has 0 aliphatic carbocycles. The number of aryl methyl sites for hydroxylation is 1. The highest BCUT2D eigenvalue weighted by atomic mass is 35.5. The van der Waals surface area contributed by atoms with Crippen molar-refractivity contribution in [2.45, 2.75) is 32.7 Å². The Morgan fingerprint density at radius 2 is 1.88 bits per heavy atom. The van der Waals surface area contributed by atoms with Crippen molar-refractivity contribution in [2.24, 2.45) is 10.4 Å². The SMILES string of the molecule is Cc1cccc(CN=C2Nc3ccccc3CC23CCNCC3)c1Cl. The molecule has 2 aromatic carbocycles. The predicted molar refractivity (Wildman–Crippen MR) is 106 cm³/mol. The molecule has 0 atom stereocenters. The number of nitrogens with zero attached hydrogens (tertiary/aromatic N) is 1. The van der Waals surface area contributed by atoms with E-state index in [4.69, 9.17) is 16.6 Å². The van der Waals surface area contributed by atoms with Crippen LogP contribution in [-0.2, 0) is 13.0 Å². The number of para-hydroxylation sites is 1. The molecule has 4 heteroatoms. The molecule has 2 aliphatic heterocycles. The standard InChI is InChI=1S/C21H24ClN3/c1-15-5-4-7-17(19(15)22)14-24-20-21(9-11-23-12-10-21)13-16-6-2-3-8-18(16)25-20/h2-8,23H,9-14H2,1H3,(H,24,25). The molecule has 0 radical (unpaired) electrons. The van der Waals surface area contributed by atoms with Gasteiger partial charge in [-0.05, 0) is 62.0 Å². The molecule has 0 unspecified atom stereocenters. The topological polar surface area (TPSA) is 36.4 Å². The van der Waals surface area contributed by atoms with Crippen molar-refractivity contribution in [1.29, 1.82) is 0 Å². The fourth-order valence-electron chi connectivity index (χ4n) is 4.03. The van der Waals surface area contributed by atoms with E-state index in [1.807, 2.05) is 13.0 Å². The van der Waals surface area contributed by atoms with E-state index in [9.17, 15) is 0 Å². The van der Waals surface area contributed by atoms with E-state index in [1.54, 1.807) is 0 Å². The van der Waals surface area contributed by atoms with Crippen molar-refractivity contribution < 1.29 is 0 Å². The third-order valence-electron chi connectivity index (χ3n) is 5.54. The Bertz CT molecular complexity index is 807. The quantitative estimate of drug-likeness (QED) is 0.828. The monoisotopic (exact) mass is 353 g/mol. The highest BCUT2D eigenvalue weighted by Crippen LogP contribution is 2.41. The fourth-order valence-corrected chi connectivity index (χ4v) is 4.21. The molecule has 2 N–H and O–H groups in total. The Morgan fingerprint density at radius 1 is 1.08 bits per heavy atom. The van der Waals surface area contributed by atoms with Crippen LogP contribution >= 0.6 is 11.6 Å². The number of hydrogen-bond acceptors (Lipinski definition) is 2. The molecule has 1 fully saturated rings. The van der Waals surface area contributed by atoms with Crippen LogP contribution in [0.5, 0.6) is 0 Å². The Hall–Kier alpha value is -1.84. The van der Waals surface area contributed by atoms with E-state index < -0.39 is 0 Å². The van der Waals surface area contributed by atoms with Gasteiger partial charge in [0.25, 0.3) is 0 Å². The Balaban J connectivity index is 1.68. The third-order valence-corrected chi connectivity index (χ3v) is 6.08. The lowest BCUT2D eigenvalue weighted by molar-refractivity contribution is 0.293. The van der Waals surface area contributed by atoms with Crippen LogP contribution in [0.2, 0.25) is 5.02 Å². The molecule has 25 heavy (non-hydrogen) atoms. The molecule has 0 saturated carbocycles.